The Balaban J connectivity index is 2.37. The van der Waals surface area contributed by atoms with Crippen LogP contribution >= 0.6 is 0 Å². The molecule has 3 aromatic carbocycles. The summed E-state index contributed by atoms with van der Waals surface area (Å²) >= 11 is 0. The van der Waals surface area contributed by atoms with Crippen molar-refractivity contribution in [2.75, 3.05) is 0 Å². The van der Waals surface area contributed by atoms with E-state index < -0.39 is 7.12 Å². The third-order valence-electron chi connectivity index (χ3n) is 3.30. The lowest BCUT2D eigenvalue weighted by Gasteiger charge is -2.11. The third-order valence-corrected chi connectivity index (χ3v) is 3.30. The number of rotatable bonds is 2. The molecular formula is C16H13BO2. The van der Waals surface area contributed by atoms with Crippen molar-refractivity contribution in [2.24, 2.45) is 0 Å². The van der Waals surface area contributed by atoms with E-state index in [1.54, 1.807) is 6.07 Å². The van der Waals surface area contributed by atoms with E-state index >= 15 is 0 Å². The van der Waals surface area contributed by atoms with Crippen LogP contribution in [0.3, 0.4) is 0 Å². The van der Waals surface area contributed by atoms with Gasteiger partial charge in [-0.3, -0.25) is 0 Å². The molecular weight excluding hydrogens is 235 g/mol. The summed E-state index contributed by atoms with van der Waals surface area (Å²) in [6.07, 6.45) is 0. The Hall–Kier alpha value is -2.10. The van der Waals surface area contributed by atoms with E-state index in [2.05, 4.69) is 0 Å². The highest BCUT2D eigenvalue weighted by molar-refractivity contribution is 6.62. The highest BCUT2D eigenvalue weighted by Crippen LogP contribution is 2.27. The first kappa shape index (κ1) is 12.0. The number of hydrogen-bond acceptors (Lipinski definition) is 2. The summed E-state index contributed by atoms with van der Waals surface area (Å²) in [5, 5.41) is 21.0. The molecule has 2 nitrogen and oxygen atoms in total. The van der Waals surface area contributed by atoms with Gasteiger partial charge in [0.25, 0.3) is 0 Å². The Bertz CT molecular complexity index is 703. The standard InChI is InChI=1S/C16H13BO2/c18-17(19)15-11-5-9-13-8-4-10-14(16(13)15)12-6-2-1-3-7-12/h1-11,18-19H. The fraction of sp³-hybridized carbons (Fsp3) is 0. The summed E-state index contributed by atoms with van der Waals surface area (Å²) in [4.78, 5) is 0. The van der Waals surface area contributed by atoms with Gasteiger partial charge in [-0.2, -0.15) is 0 Å². The zero-order valence-electron chi connectivity index (χ0n) is 10.3. The van der Waals surface area contributed by atoms with Crippen molar-refractivity contribution in [2.45, 2.75) is 0 Å². The van der Waals surface area contributed by atoms with Crippen LogP contribution in [0.2, 0.25) is 0 Å². The third kappa shape index (κ3) is 2.14. The fourth-order valence-corrected chi connectivity index (χ4v) is 2.44. The largest absolute Gasteiger partial charge is 0.489 e. The van der Waals surface area contributed by atoms with Gasteiger partial charge in [0.05, 0.1) is 0 Å². The van der Waals surface area contributed by atoms with E-state index in [1.807, 2.05) is 60.7 Å². The average molecular weight is 248 g/mol. The van der Waals surface area contributed by atoms with Crippen LogP contribution in [0.4, 0.5) is 0 Å². The molecule has 0 aliphatic carbocycles. The minimum absolute atomic E-state index is 0.539. The van der Waals surface area contributed by atoms with Crippen molar-refractivity contribution in [3.8, 4) is 11.1 Å². The molecule has 0 heterocycles. The molecule has 19 heavy (non-hydrogen) atoms. The van der Waals surface area contributed by atoms with Crippen LogP contribution in [0.25, 0.3) is 21.9 Å². The molecule has 3 aromatic rings. The van der Waals surface area contributed by atoms with E-state index in [1.165, 1.54) is 0 Å². The van der Waals surface area contributed by atoms with Crippen molar-refractivity contribution < 1.29 is 10.0 Å². The molecule has 0 saturated heterocycles. The molecule has 0 spiro atoms. The number of hydrogen-bond donors (Lipinski definition) is 2. The molecule has 3 rings (SSSR count). The van der Waals surface area contributed by atoms with Gasteiger partial charge in [-0.05, 0) is 27.4 Å². The monoisotopic (exact) mass is 248 g/mol. The van der Waals surface area contributed by atoms with Crippen molar-refractivity contribution in [3.63, 3.8) is 0 Å². The van der Waals surface area contributed by atoms with Gasteiger partial charge in [0.1, 0.15) is 0 Å². The molecule has 0 amide bonds. The molecule has 0 bridgehead atoms. The molecule has 0 aromatic heterocycles. The molecule has 0 fully saturated rings. The van der Waals surface area contributed by atoms with Crippen LogP contribution in [0, 0.1) is 0 Å². The van der Waals surface area contributed by atoms with Crippen LogP contribution in [0.5, 0.6) is 0 Å². The molecule has 0 radical (unpaired) electrons. The lowest BCUT2D eigenvalue weighted by molar-refractivity contribution is 0.426. The van der Waals surface area contributed by atoms with E-state index in [4.69, 9.17) is 0 Å². The second kappa shape index (κ2) is 4.88. The minimum Gasteiger partial charge on any atom is -0.423 e. The zero-order valence-corrected chi connectivity index (χ0v) is 10.3. The van der Waals surface area contributed by atoms with E-state index in [-0.39, 0.29) is 0 Å². The highest BCUT2D eigenvalue weighted by atomic mass is 16.4. The maximum absolute atomic E-state index is 9.55. The van der Waals surface area contributed by atoms with E-state index in [0.717, 1.165) is 21.9 Å². The molecule has 92 valence electrons. The summed E-state index contributed by atoms with van der Waals surface area (Å²) in [6, 6.07) is 21.5. The first-order chi connectivity index (χ1) is 9.27. The summed E-state index contributed by atoms with van der Waals surface area (Å²) in [5.41, 5.74) is 2.62. The lowest BCUT2D eigenvalue weighted by atomic mass is 9.75. The normalized spacial score (nSPS) is 10.6. The molecule has 0 aliphatic heterocycles. The fourth-order valence-electron chi connectivity index (χ4n) is 2.44. The summed E-state index contributed by atoms with van der Waals surface area (Å²) in [5.74, 6) is 0. The SMILES string of the molecule is OB(O)c1cccc2cccc(-c3ccccc3)c12. The maximum Gasteiger partial charge on any atom is 0.489 e. The topological polar surface area (TPSA) is 40.5 Å². The Morgan fingerprint density at radius 2 is 1.37 bits per heavy atom. The smallest absolute Gasteiger partial charge is 0.423 e. The van der Waals surface area contributed by atoms with Gasteiger partial charge in [-0.1, -0.05) is 66.7 Å². The summed E-state index contributed by atoms with van der Waals surface area (Å²) in [7, 11) is -1.46. The second-order valence-electron chi connectivity index (χ2n) is 4.49. The highest BCUT2D eigenvalue weighted by Gasteiger charge is 2.16. The Kier molecular flexibility index (Phi) is 3.07. The first-order valence-corrected chi connectivity index (χ1v) is 6.20. The molecule has 2 N–H and O–H groups in total. The zero-order chi connectivity index (χ0) is 13.2. The Morgan fingerprint density at radius 3 is 2.05 bits per heavy atom. The van der Waals surface area contributed by atoms with E-state index in [0.29, 0.717) is 5.46 Å². The van der Waals surface area contributed by atoms with Crippen LogP contribution in [0.1, 0.15) is 0 Å². The van der Waals surface area contributed by atoms with Gasteiger partial charge in [0, 0.05) is 0 Å². The number of fused-ring (bicyclic) bond motifs is 1. The van der Waals surface area contributed by atoms with Crippen LogP contribution in [-0.4, -0.2) is 17.2 Å². The summed E-state index contributed by atoms with van der Waals surface area (Å²) in [6.45, 7) is 0. The van der Waals surface area contributed by atoms with Gasteiger partial charge in [-0.15, -0.1) is 0 Å². The lowest BCUT2D eigenvalue weighted by Crippen LogP contribution is -2.30. The maximum atomic E-state index is 9.55. The van der Waals surface area contributed by atoms with Crippen molar-refractivity contribution >= 4 is 23.4 Å². The van der Waals surface area contributed by atoms with Gasteiger partial charge < -0.3 is 10.0 Å². The molecule has 0 saturated carbocycles. The van der Waals surface area contributed by atoms with Gasteiger partial charge in [0.2, 0.25) is 0 Å². The van der Waals surface area contributed by atoms with Gasteiger partial charge in [0.15, 0.2) is 0 Å². The predicted molar refractivity (Wildman–Crippen MR) is 79.2 cm³/mol. The Morgan fingerprint density at radius 1 is 0.684 bits per heavy atom. The number of benzene rings is 3. The molecule has 0 unspecified atom stereocenters. The quantitative estimate of drug-likeness (QED) is 0.682. The van der Waals surface area contributed by atoms with Crippen molar-refractivity contribution in [1.29, 1.82) is 0 Å². The first-order valence-electron chi connectivity index (χ1n) is 6.20. The van der Waals surface area contributed by atoms with Crippen LogP contribution < -0.4 is 5.46 Å². The van der Waals surface area contributed by atoms with Crippen LogP contribution in [-0.2, 0) is 0 Å². The predicted octanol–water partition coefficient (Wildman–Crippen LogP) is 2.19. The summed E-state index contributed by atoms with van der Waals surface area (Å²) < 4.78 is 0. The molecule has 0 atom stereocenters. The van der Waals surface area contributed by atoms with Crippen molar-refractivity contribution in [1.82, 2.24) is 0 Å². The van der Waals surface area contributed by atoms with E-state index in [9.17, 15) is 10.0 Å². The van der Waals surface area contributed by atoms with Crippen LogP contribution in [0.15, 0.2) is 66.7 Å². The Labute approximate surface area is 112 Å². The second-order valence-corrected chi connectivity index (χ2v) is 4.49. The minimum atomic E-state index is -1.46. The van der Waals surface area contributed by atoms with Gasteiger partial charge >= 0.3 is 7.12 Å². The average Bonchev–Trinajstić information content (AvgIpc) is 2.46. The van der Waals surface area contributed by atoms with Gasteiger partial charge in [-0.25, -0.2) is 0 Å². The molecule has 0 aliphatic rings. The van der Waals surface area contributed by atoms with Crippen molar-refractivity contribution in [3.05, 3.63) is 66.7 Å². The molecule has 3 heteroatoms.